The summed E-state index contributed by atoms with van der Waals surface area (Å²) in [5.41, 5.74) is 9.41. The Morgan fingerprint density at radius 2 is 1.25 bits per heavy atom. The van der Waals surface area contributed by atoms with Crippen molar-refractivity contribution in [1.82, 2.24) is 40.0 Å². The number of aromatic carboxylic acids is 1. The fourth-order valence-corrected chi connectivity index (χ4v) is 8.29. The number of carboxylic acids is 1. The highest BCUT2D eigenvalue weighted by Gasteiger charge is 2.79. The predicted octanol–water partition coefficient (Wildman–Crippen LogP) is 6.27. The van der Waals surface area contributed by atoms with Gasteiger partial charge in [-0.3, -0.25) is 24.4 Å². The van der Waals surface area contributed by atoms with Crippen LogP contribution in [0, 0.1) is 22.7 Å². The highest BCUT2D eigenvalue weighted by Crippen LogP contribution is 2.71. The number of carboxylic acid groups (broad SMARTS) is 1. The SMILES string of the molecule is CC12Cc3[nH]nc(C(=O)Nc4cnn(Cc5ccccc5)c4)c3CC1C2(F)F.CC12Cc3[nH]nc(C(=O)O)c3CC1C2(F)F.Nc1cnn(Cc2ccccc2)c1. The number of benzene rings is 2. The fraction of sp³-hybridized carbons (Fsp3) is 0.350. The Labute approximate surface area is 323 Å². The summed E-state index contributed by atoms with van der Waals surface area (Å²) in [4.78, 5) is 23.5. The zero-order chi connectivity index (χ0) is 40.3. The lowest BCUT2D eigenvalue weighted by Crippen LogP contribution is -2.18. The van der Waals surface area contributed by atoms with E-state index in [4.69, 9.17) is 10.8 Å². The Morgan fingerprint density at radius 1 is 0.772 bits per heavy atom. The summed E-state index contributed by atoms with van der Waals surface area (Å²) in [5.74, 6) is -8.38. The van der Waals surface area contributed by atoms with Gasteiger partial charge in [0.25, 0.3) is 17.8 Å². The van der Waals surface area contributed by atoms with E-state index in [-0.39, 0.29) is 37.1 Å². The Bertz CT molecular complexity index is 2440. The molecule has 296 valence electrons. The highest BCUT2D eigenvalue weighted by molar-refractivity contribution is 6.04. The Morgan fingerprint density at radius 3 is 1.74 bits per heavy atom. The minimum absolute atomic E-state index is 0.108. The van der Waals surface area contributed by atoms with Gasteiger partial charge in [-0.15, -0.1) is 0 Å². The summed E-state index contributed by atoms with van der Waals surface area (Å²) in [6.07, 6.45) is 7.45. The van der Waals surface area contributed by atoms with Crippen LogP contribution < -0.4 is 11.1 Å². The molecule has 1 amide bonds. The molecule has 2 fully saturated rings. The number of aromatic amines is 2. The number of anilines is 2. The number of nitrogens with one attached hydrogen (secondary N) is 3. The van der Waals surface area contributed by atoms with Gasteiger partial charge in [0.2, 0.25) is 0 Å². The van der Waals surface area contributed by atoms with Crippen LogP contribution in [0.3, 0.4) is 0 Å². The van der Waals surface area contributed by atoms with Crippen LogP contribution in [0.15, 0.2) is 85.5 Å². The van der Waals surface area contributed by atoms with E-state index in [0.717, 1.165) is 12.1 Å². The van der Waals surface area contributed by atoms with Crippen molar-refractivity contribution < 1.29 is 32.3 Å². The van der Waals surface area contributed by atoms with Crippen molar-refractivity contribution in [3.8, 4) is 0 Å². The van der Waals surface area contributed by atoms with E-state index >= 15 is 0 Å². The molecule has 4 aromatic heterocycles. The van der Waals surface area contributed by atoms with Crippen molar-refractivity contribution in [2.75, 3.05) is 11.1 Å². The average Bonchev–Trinajstić information content (AvgIpc) is 3.73. The highest BCUT2D eigenvalue weighted by atomic mass is 19.3. The number of carbonyl (C=O) groups is 2. The molecule has 0 bridgehead atoms. The van der Waals surface area contributed by atoms with Crippen LogP contribution >= 0.6 is 0 Å². The third kappa shape index (κ3) is 6.73. The smallest absolute Gasteiger partial charge is 0.356 e. The molecule has 6 N–H and O–H groups in total. The number of hydrogen-bond donors (Lipinski definition) is 5. The zero-order valence-electron chi connectivity index (χ0n) is 31.0. The number of fused-ring (bicyclic) bond motifs is 4. The molecule has 4 aliphatic rings. The molecule has 13 nitrogen and oxygen atoms in total. The number of rotatable bonds is 7. The molecule has 4 heterocycles. The van der Waals surface area contributed by atoms with Crippen LogP contribution in [-0.2, 0) is 38.8 Å². The van der Waals surface area contributed by atoms with Crippen molar-refractivity contribution >= 4 is 23.3 Å². The number of hydrogen-bond acceptors (Lipinski definition) is 7. The van der Waals surface area contributed by atoms with Crippen molar-refractivity contribution in [1.29, 1.82) is 0 Å². The van der Waals surface area contributed by atoms with Crippen LogP contribution in [0.1, 0.15) is 68.5 Å². The van der Waals surface area contributed by atoms with Crippen LogP contribution in [-0.4, -0.2) is 68.8 Å². The minimum atomic E-state index is -2.68. The van der Waals surface area contributed by atoms with Gasteiger partial charge in [0.15, 0.2) is 11.4 Å². The maximum atomic E-state index is 14.0. The molecule has 10 rings (SSSR count). The first kappa shape index (κ1) is 37.7. The standard InChI is InChI=1S/C20H19F2N5O.C10H10F2N2O2.C10H11N3/c1-19-8-15-14(7-16(19)20(19,21)22)17(26-25-15)18(28)24-13-9-23-27(11-13)10-12-5-3-2-4-6-12;1-9-3-5-4(2-6(9)10(9,11)12)7(8(15)16)14-13-5;11-10-6-12-13(8-10)7-9-4-2-1-3-5-9/h2-6,9,11,16H,7-8,10H2,1H3,(H,24,28)(H,25,26);6H,2-3H2,1H3,(H,13,14)(H,15,16);1-6,8H,7,11H2. The molecule has 4 aliphatic carbocycles. The normalized spacial score (nSPS) is 23.8. The Kier molecular flexibility index (Phi) is 9.08. The molecular weight excluding hydrogens is 744 g/mol. The molecule has 0 aliphatic heterocycles. The number of nitrogen functional groups attached to an aromatic ring is 1. The molecule has 2 saturated carbocycles. The number of alkyl halides is 4. The second-order valence-electron chi connectivity index (χ2n) is 15.6. The van der Waals surface area contributed by atoms with E-state index in [9.17, 15) is 27.2 Å². The fourth-order valence-electron chi connectivity index (χ4n) is 8.29. The Hall–Kier alpha value is -6.26. The van der Waals surface area contributed by atoms with Gasteiger partial charge in [-0.1, -0.05) is 74.5 Å². The van der Waals surface area contributed by atoms with Crippen molar-refractivity contribution in [2.45, 2.75) is 64.5 Å². The number of H-pyrrole nitrogens is 2. The summed E-state index contributed by atoms with van der Waals surface area (Å²) >= 11 is 0. The third-order valence-corrected chi connectivity index (χ3v) is 11.9. The number of halogens is 4. The molecule has 6 aromatic rings. The lowest BCUT2D eigenvalue weighted by molar-refractivity contribution is 0.0626. The third-order valence-electron chi connectivity index (χ3n) is 11.9. The van der Waals surface area contributed by atoms with E-state index in [0.29, 0.717) is 40.4 Å². The predicted molar refractivity (Wildman–Crippen MR) is 200 cm³/mol. The van der Waals surface area contributed by atoms with E-state index < -0.39 is 46.4 Å². The van der Waals surface area contributed by atoms with Crippen molar-refractivity contribution in [3.63, 3.8) is 0 Å². The summed E-state index contributed by atoms with van der Waals surface area (Å²) in [6, 6.07) is 20.0. The molecule has 0 spiro atoms. The van der Waals surface area contributed by atoms with Crippen LogP contribution in [0.4, 0.5) is 28.9 Å². The summed E-state index contributed by atoms with van der Waals surface area (Å²) in [5, 5.41) is 33.1. The van der Waals surface area contributed by atoms with Gasteiger partial charge in [0, 0.05) is 70.4 Å². The van der Waals surface area contributed by atoms with Gasteiger partial charge in [-0.25, -0.2) is 22.4 Å². The largest absolute Gasteiger partial charge is 0.476 e. The molecule has 0 radical (unpaired) electrons. The first-order valence-corrected chi connectivity index (χ1v) is 18.4. The molecule has 57 heavy (non-hydrogen) atoms. The Balaban J connectivity index is 0.000000132. The number of amides is 1. The van der Waals surface area contributed by atoms with E-state index in [2.05, 4.69) is 48.0 Å². The van der Waals surface area contributed by atoms with Crippen LogP contribution in [0.5, 0.6) is 0 Å². The lowest BCUT2D eigenvalue weighted by atomic mass is 9.87. The van der Waals surface area contributed by atoms with Crippen molar-refractivity contribution in [2.24, 2.45) is 22.7 Å². The zero-order valence-corrected chi connectivity index (χ0v) is 31.0. The maximum Gasteiger partial charge on any atom is 0.356 e. The monoisotopic (exact) mass is 784 g/mol. The number of carbonyl (C=O) groups excluding carboxylic acids is 1. The first-order chi connectivity index (χ1) is 27.1. The van der Waals surface area contributed by atoms with Gasteiger partial charge in [-0.05, 0) is 24.0 Å². The second-order valence-corrected chi connectivity index (χ2v) is 15.6. The number of nitrogens with zero attached hydrogens (tertiary/aromatic N) is 6. The quantitative estimate of drug-likeness (QED) is 0.117. The summed E-state index contributed by atoms with van der Waals surface area (Å²) in [6.45, 7) is 4.51. The van der Waals surface area contributed by atoms with Crippen LogP contribution in [0.2, 0.25) is 0 Å². The molecular formula is C40H40F4N10O3. The van der Waals surface area contributed by atoms with Gasteiger partial charge in [0.1, 0.15) is 0 Å². The lowest BCUT2D eigenvalue weighted by Gasteiger charge is -2.15. The van der Waals surface area contributed by atoms with Crippen molar-refractivity contribution in [3.05, 3.63) is 130 Å². The summed E-state index contributed by atoms with van der Waals surface area (Å²) < 4.78 is 58.6. The molecule has 17 heteroatoms. The molecule has 4 unspecified atom stereocenters. The maximum absolute atomic E-state index is 14.0. The number of aromatic nitrogens is 8. The number of nitrogens with two attached hydrogens (primary N) is 1. The average molecular weight is 785 g/mol. The van der Waals surface area contributed by atoms with Gasteiger partial charge >= 0.3 is 5.97 Å². The van der Waals surface area contributed by atoms with E-state index in [1.165, 1.54) is 5.56 Å². The molecule has 2 aromatic carbocycles. The molecule has 0 saturated heterocycles. The van der Waals surface area contributed by atoms with Crippen LogP contribution in [0.25, 0.3) is 0 Å². The van der Waals surface area contributed by atoms with Gasteiger partial charge in [0.05, 0.1) is 36.9 Å². The van der Waals surface area contributed by atoms with Gasteiger partial charge < -0.3 is 16.2 Å². The summed E-state index contributed by atoms with van der Waals surface area (Å²) in [7, 11) is 0. The van der Waals surface area contributed by atoms with E-state index in [1.54, 1.807) is 37.1 Å². The minimum Gasteiger partial charge on any atom is -0.476 e. The topological polar surface area (TPSA) is 185 Å². The second kappa shape index (κ2) is 13.7. The van der Waals surface area contributed by atoms with E-state index in [1.807, 2.05) is 59.4 Å². The molecule has 4 atom stereocenters. The van der Waals surface area contributed by atoms with Gasteiger partial charge in [-0.2, -0.15) is 20.4 Å². The first-order valence-electron chi connectivity index (χ1n) is 18.4.